The topological polar surface area (TPSA) is 9.23 Å². The fourth-order valence-electron chi connectivity index (χ4n) is 3.84. The lowest BCUT2D eigenvalue weighted by Gasteiger charge is -2.24. The van der Waals surface area contributed by atoms with Gasteiger partial charge in [-0.2, -0.15) is 8.78 Å². The molecule has 0 spiro atoms. The molecule has 0 aliphatic heterocycles. The van der Waals surface area contributed by atoms with Crippen molar-refractivity contribution in [2.24, 2.45) is 0 Å². The second kappa shape index (κ2) is 6.59. The van der Waals surface area contributed by atoms with Crippen LogP contribution in [0.25, 0.3) is 10.8 Å². The molecule has 0 unspecified atom stereocenters. The fraction of sp³-hybridized carbons (Fsp3) is 0.304. The van der Waals surface area contributed by atoms with Gasteiger partial charge in [0, 0.05) is 6.07 Å². The van der Waals surface area contributed by atoms with Crippen LogP contribution < -0.4 is 4.74 Å². The van der Waals surface area contributed by atoms with Crippen molar-refractivity contribution in [2.75, 3.05) is 0 Å². The van der Waals surface area contributed by atoms with E-state index in [1.54, 1.807) is 33.8 Å². The van der Waals surface area contributed by atoms with Crippen LogP contribution in [0.5, 0.6) is 5.75 Å². The maximum absolute atomic E-state index is 15.1. The molecule has 0 aromatic heterocycles. The van der Waals surface area contributed by atoms with Gasteiger partial charge in [0.2, 0.25) is 0 Å². The minimum atomic E-state index is -3.58. The maximum Gasteiger partial charge on any atom is 0.427 e. The molecule has 1 nitrogen and oxygen atoms in total. The van der Waals surface area contributed by atoms with E-state index >= 15 is 8.78 Å². The summed E-state index contributed by atoms with van der Waals surface area (Å²) in [5, 5.41) is 1.73. The monoisotopic (exact) mass is 372 g/mol. The summed E-state index contributed by atoms with van der Waals surface area (Å²) in [4.78, 5) is 0. The molecule has 0 bridgehead atoms. The summed E-state index contributed by atoms with van der Waals surface area (Å²) in [7, 11) is 0. The van der Waals surface area contributed by atoms with E-state index in [0.717, 1.165) is 28.0 Å². The summed E-state index contributed by atoms with van der Waals surface area (Å²) in [5.41, 5.74) is 3.78. The van der Waals surface area contributed by atoms with Crippen molar-refractivity contribution in [2.45, 2.75) is 47.7 Å². The molecule has 0 heterocycles. The van der Waals surface area contributed by atoms with Crippen molar-refractivity contribution < 1.29 is 17.9 Å². The van der Waals surface area contributed by atoms with E-state index in [1.165, 1.54) is 6.07 Å². The number of ether oxygens (including phenoxy) is 1. The number of rotatable bonds is 3. The van der Waals surface area contributed by atoms with Gasteiger partial charge in [0.25, 0.3) is 0 Å². The highest BCUT2D eigenvalue weighted by molar-refractivity contribution is 5.91. The summed E-state index contributed by atoms with van der Waals surface area (Å²) >= 11 is 0. The zero-order chi connectivity index (χ0) is 20.1. The average Bonchev–Trinajstić information content (AvgIpc) is 2.50. The highest BCUT2D eigenvalue weighted by atomic mass is 19.3. The summed E-state index contributed by atoms with van der Waals surface area (Å²) in [5.74, 6) is -0.737. The van der Waals surface area contributed by atoms with E-state index in [9.17, 15) is 4.39 Å². The van der Waals surface area contributed by atoms with Crippen molar-refractivity contribution >= 4 is 10.8 Å². The van der Waals surface area contributed by atoms with Crippen LogP contribution in [0.2, 0.25) is 0 Å². The molecule has 4 heteroatoms. The predicted molar refractivity (Wildman–Crippen MR) is 103 cm³/mol. The molecule has 0 atom stereocenters. The molecular formula is C23H23F3O. The van der Waals surface area contributed by atoms with Gasteiger partial charge in [-0.1, -0.05) is 23.8 Å². The quantitative estimate of drug-likeness (QED) is 0.483. The fourth-order valence-corrected chi connectivity index (χ4v) is 3.84. The zero-order valence-corrected chi connectivity index (χ0v) is 16.4. The first-order valence-electron chi connectivity index (χ1n) is 8.86. The third kappa shape index (κ3) is 3.41. The van der Waals surface area contributed by atoms with Crippen molar-refractivity contribution in [3.63, 3.8) is 0 Å². The lowest BCUT2D eigenvalue weighted by atomic mass is 9.91. The number of benzene rings is 3. The Morgan fingerprint density at radius 2 is 1.41 bits per heavy atom. The van der Waals surface area contributed by atoms with Crippen LogP contribution in [-0.4, -0.2) is 0 Å². The Morgan fingerprint density at radius 3 is 2.04 bits per heavy atom. The van der Waals surface area contributed by atoms with E-state index in [2.05, 4.69) is 0 Å². The molecule has 3 aromatic rings. The maximum atomic E-state index is 15.1. The first kappa shape index (κ1) is 19.3. The van der Waals surface area contributed by atoms with Crippen LogP contribution in [0, 0.1) is 47.4 Å². The normalized spacial score (nSPS) is 11.9. The SMILES string of the molecule is Cc1cc(C)c2c(C)c(C(F)(F)Oc3cc(C)c(C)c(F)c3)c(C)cc2c1. The molecule has 0 fully saturated rings. The minimum Gasteiger partial charge on any atom is -0.429 e. The number of halogens is 3. The van der Waals surface area contributed by atoms with Gasteiger partial charge < -0.3 is 4.74 Å². The van der Waals surface area contributed by atoms with E-state index in [1.807, 2.05) is 26.0 Å². The van der Waals surface area contributed by atoms with Gasteiger partial charge in [-0.25, -0.2) is 4.39 Å². The van der Waals surface area contributed by atoms with E-state index in [-0.39, 0.29) is 11.3 Å². The molecule has 3 rings (SSSR count). The van der Waals surface area contributed by atoms with Crippen molar-refractivity contribution in [3.05, 3.63) is 75.1 Å². The molecule has 0 amide bonds. The van der Waals surface area contributed by atoms with Crippen LogP contribution in [0.3, 0.4) is 0 Å². The Balaban J connectivity index is 2.15. The summed E-state index contributed by atoms with van der Waals surface area (Å²) in [6.45, 7) is 10.5. The Hall–Kier alpha value is -2.49. The molecular weight excluding hydrogens is 349 g/mol. The van der Waals surface area contributed by atoms with Gasteiger partial charge in [0.15, 0.2) is 0 Å². The van der Waals surface area contributed by atoms with Crippen LogP contribution in [0.15, 0.2) is 30.3 Å². The van der Waals surface area contributed by atoms with Gasteiger partial charge in [0.05, 0.1) is 5.56 Å². The Kier molecular flexibility index (Phi) is 4.71. The van der Waals surface area contributed by atoms with Crippen LogP contribution in [0.1, 0.15) is 38.9 Å². The number of fused-ring (bicyclic) bond motifs is 1. The Morgan fingerprint density at radius 1 is 0.741 bits per heavy atom. The van der Waals surface area contributed by atoms with Crippen LogP contribution in [0.4, 0.5) is 13.2 Å². The van der Waals surface area contributed by atoms with E-state index in [0.29, 0.717) is 22.3 Å². The first-order valence-corrected chi connectivity index (χ1v) is 8.86. The summed E-state index contributed by atoms with van der Waals surface area (Å²) < 4.78 is 49.2. The molecule has 27 heavy (non-hydrogen) atoms. The van der Waals surface area contributed by atoms with Gasteiger partial charge >= 0.3 is 6.11 Å². The number of hydrogen-bond acceptors (Lipinski definition) is 1. The first-order chi connectivity index (χ1) is 12.5. The molecule has 0 saturated carbocycles. The van der Waals surface area contributed by atoms with Crippen LogP contribution in [-0.2, 0) is 6.11 Å². The van der Waals surface area contributed by atoms with Gasteiger partial charge in [-0.3, -0.25) is 0 Å². The Labute approximate surface area is 157 Å². The van der Waals surface area contributed by atoms with Gasteiger partial charge in [0.1, 0.15) is 11.6 Å². The standard InChI is InChI=1S/C23H23F3O/c1-12-7-14(3)21-17(6)22(15(4)9-18(21)8-12)23(25,26)27-19-10-13(2)16(5)20(24)11-19/h7-11H,1-6H3. The molecule has 0 saturated heterocycles. The second-order valence-electron chi connectivity index (χ2n) is 7.34. The molecule has 3 aromatic carbocycles. The van der Waals surface area contributed by atoms with E-state index < -0.39 is 11.9 Å². The zero-order valence-electron chi connectivity index (χ0n) is 16.4. The third-order valence-electron chi connectivity index (χ3n) is 5.14. The van der Waals surface area contributed by atoms with Crippen molar-refractivity contribution in [1.82, 2.24) is 0 Å². The summed E-state index contributed by atoms with van der Waals surface area (Å²) in [6.07, 6.45) is -3.58. The lowest BCUT2D eigenvalue weighted by Crippen LogP contribution is -2.25. The predicted octanol–water partition coefficient (Wildman–Crippen LogP) is 6.96. The Bertz CT molecular complexity index is 1030. The molecule has 0 N–H and O–H groups in total. The van der Waals surface area contributed by atoms with Gasteiger partial charge in [-0.15, -0.1) is 0 Å². The molecule has 142 valence electrons. The number of alkyl halides is 2. The summed E-state index contributed by atoms with van der Waals surface area (Å²) in [6, 6.07) is 8.18. The highest BCUT2D eigenvalue weighted by Gasteiger charge is 2.38. The largest absolute Gasteiger partial charge is 0.429 e. The van der Waals surface area contributed by atoms with Crippen molar-refractivity contribution in [3.8, 4) is 5.75 Å². The molecule has 0 aliphatic rings. The highest BCUT2D eigenvalue weighted by Crippen LogP contribution is 2.40. The lowest BCUT2D eigenvalue weighted by molar-refractivity contribution is -0.186. The number of aryl methyl sites for hydroxylation is 5. The number of hydrogen-bond donors (Lipinski definition) is 0. The smallest absolute Gasteiger partial charge is 0.427 e. The average molecular weight is 372 g/mol. The minimum absolute atomic E-state index is 0.166. The van der Waals surface area contributed by atoms with E-state index in [4.69, 9.17) is 4.74 Å². The molecule has 0 radical (unpaired) electrons. The van der Waals surface area contributed by atoms with Crippen LogP contribution >= 0.6 is 0 Å². The van der Waals surface area contributed by atoms with Gasteiger partial charge in [-0.05, 0) is 86.2 Å². The molecule has 0 aliphatic carbocycles. The second-order valence-corrected chi connectivity index (χ2v) is 7.34. The third-order valence-corrected chi connectivity index (χ3v) is 5.14. The van der Waals surface area contributed by atoms with Crippen molar-refractivity contribution in [1.29, 1.82) is 0 Å².